The summed E-state index contributed by atoms with van der Waals surface area (Å²) in [6, 6.07) is 8.35. The van der Waals surface area contributed by atoms with Crippen LogP contribution in [0.15, 0.2) is 36.9 Å². The van der Waals surface area contributed by atoms with E-state index in [2.05, 4.69) is 60.9 Å². The summed E-state index contributed by atoms with van der Waals surface area (Å²) in [5.74, 6) is 0. The fourth-order valence-electron chi connectivity index (χ4n) is 1.68. The zero-order valence-electron chi connectivity index (χ0n) is 11.3. The minimum absolute atomic E-state index is 0.181. The highest BCUT2D eigenvalue weighted by molar-refractivity contribution is 6.69. The number of benzene rings is 1. The first-order valence-corrected chi connectivity index (χ1v) is 9.45. The van der Waals surface area contributed by atoms with E-state index in [1.54, 1.807) is 11.0 Å². The Bertz CT molecular complexity index is 488. The van der Waals surface area contributed by atoms with E-state index in [-0.39, 0.29) is 6.23 Å². The quantitative estimate of drug-likeness (QED) is 0.794. The molecule has 1 atom stereocenters. The Morgan fingerprint density at radius 1 is 1.17 bits per heavy atom. The van der Waals surface area contributed by atoms with Crippen LogP contribution in [0.4, 0.5) is 0 Å². The van der Waals surface area contributed by atoms with Crippen LogP contribution in [0.2, 0.25) is 19.6 Å². The van der Waals surface area contributed by atoms with Gasteiger partial charge in [0.2, 0.25) is 0 Å². The van der Waals surface area contributed by atoms with E-state index in [1.165, 1.54) is 11.9 Å². The van der Waals surface area contributed by atoms with Crippen molar-refractivity contribution in [2.24, 2.45) is 0 Å². The van der Waals surface area contributed by atoms with Gasteiger partial charge in [-0.3, -0.25) is 0 Å². The summed E-state index contributed by atoms with van der Waals surface area (Å²) < 4.78 is 7.97. The third-order valence-electron chi connectivity index (χ3n) is 2.50. The highest BCUT2D eigenvalue weighted by Crippen LogP contribution is 2.23. The van der Waals surface area contributed by atoms with Crippen LogP contribution in [0.3, 0.4) is 0 Å². The van der Waals surface area contributed by atoms with Crippen molar-refractivity contribution in [1.82, 2.24) is 14.8 Å². The van der Waals surface area contributed by atoms with Crippen molar-refractivity contribution in [3.63, 3.8) is 0 Å². The van der Waals surface area contributed by atoms with Gasteiger partial charge in [0.25, 0.3) is 0 Å². The lowest BCUT2D eigenvalue weighted by molar-refractivity contribution is 0.151. The second kappa shape index (κ2) is 5.03. The molecule has 1 heterocycles. The van der Waals surface area contributed by atoms with Gasteiger partial charge in [0.15, 0.2) is 14.5 Å². The van der Waals surface area contributed by atoms with Crippen molar-refractivity contribution in [3.8, 4) is 0 Å². The lowest BCUT2D eigenvalue weighted by Gasteiger charge is -2.26. The van der Waals surface area contributed by atoms with Gasteiger partial charge in [0.05, 0.1) is 0 Å². The molecule has 0 radical (unpaired) electrons. The van der Waals surface area contributed by atoms with Crippen molar-refractivity contribution >= 4 is 8.32 Å². The first-order valence-electron chi connectivity index (χ1n) is 6.04. The molecule has 1 aromatic carbocycles. The maximum Gasteiger partial charge on any atom is 0.187 e. The van der Waals surface area contributed by atoms with Crippen LogP contribution in [-0.2, 0) is 4.43 Å². The fourth-order valence-corrected chi connectivity index (χ4v) is 2.59. The molecule has 5 heteroatoms. The molecule has 0 amide bonds. The van der Waals surface area contributed by atoms with Gasteiger partial charge in [-0.1, -0.05) is 29.8 Å². The summed E-state index contributed by atoms with van der Waals surface area (Å²) in [4.78, 5) is 4.00. The SMILES string of the molecule is Cc1ccc(C(O[Si](C)(C)C)n2cncn2)cc1. The molecule has 0 bridgehead atoms. The van der Waals surface area contributed by atoms with Crippen molar-refractivity contribution in [1.29, 1.82) is 0 Å². The largest absolute Gasteiger partial charge is 0.393 e. The van der Waals surface area contributed by atoms with Crippen LogP contribution in [0.1, 0.15) is 17.4 Å². The summed E-state index contributed by atoms with van der Waals surface area (Å²) in [6.45, 7) is 8.59. The zero-order valence-corrected chi connectivity index (χ0v) is 12.3. The van der Waals surface area contributed by atoms with E-state index in [9.17, 15) is 0 Å². The molecule has 0 aliphatic carbocycles. The van der Waals surface area contributed by atoms with Crippen molar-refractivity contribution in [2.75, 3.05) is 0 Å². The average Bonchev–Trinajstić information content (AvgIpc) is 2.79. The lowest BCUT2D eigenvalue weighted by Crippen LogP contribution is -2.31. The number of hydrogen-bond donors (Lipinski definition) is 0. The maximum atomic E-state index is 6.21. The fraction of sp³-hybridized carbons (Fsp3) is 0.385. The van der Waals surface area contributed by atoms with Crippen LogP contribution in [0.25, 0.3) is 0 Å². The highest BCUT2D eigenvalue weighted by Gasteiger charge is 2.24. The number of hydrogen-bond acceptors (Lipinski definition) is 3. The molecular formula is C13H19N3OSi. The van der Waals surface area contributed by atoms with Gasteiger partial charge in [0, 0.05) is 5.56 Å². The molecule has 1 unspecified atom stereocenters. The smallest absolute Gasteiger partial charge is 0.187 e. The van der Waals surface area contributed by atoms with Crippen LogP contribution >= 0.6 is 0 Å². The molecule has 1 aromatic heterocycles. The molecule has 0 spiro atoms. The molecule has 0 fully saturated rings. The predicted octanol–water partition coefficient (Wildman–Crippen LogP) is 2.98. The summed E-state index contributed by atoms with van der Waals surface area (Å²) in [7, 11) is -1.66. The molecule has 0 aliphatic rings. The number of rotatable bonds is 4. The Hall–Kier alpha value is -1.46. The molecule has 0 saturated carbocycles. The Balaban J connectivity index is 2.33. The molecule has 4 nitrogen and oxygen atoms in total. The molecule has 0 saturated heterocycles. The third kappa shape index (κ3) is 3.27. The number of aromatic nitrogens is 3. The highest BCUT2D eigenvalue weighted by atomic mass is 28.4. The van der Waals surface area contributed by atoms with E-state index in [0.29, 0.717) is 0 Å². The van der Waals surface area contributed by atoms with Gasteiger partial charge in [-0.05, 0) is 26.6 Å². The van der Waals surface area contributed by atoms with Crippen LogP contribution in [0.5, 0.6) is 0 Å². The van der Waals surface area contributed by atoms with Crippen LogP contribution < -0.4 is 0 Å². The van der Waals surface area contributed by atoms with Crippen LogP contribution in [0, 0.1) is 6.92 Å². The van der Waals surface area contributed by atoms with E-state index in [0.717, 1.165) is 5.56 Å². The first kappa shape index (κ1) is 13.0. The van der Waals surface area contributed by atoms with E-state index < -0.39 is 8.32 Å². The van der Waals surface area contributed by atoms with E-state index >= 15 is 0 Å². The summed E-state index contributed by atoms with van der Waals surface area (Å²) in [6.07, 6.45) is 3.05. The van der Waals surface area contributed by atoms with Gasteiger partial charge in [-0.25, -0.2) is 9.67 Å². The van der Waals surface area contributed by atoms with Gasteiger partial charge in [-0.15, -0.1) is 0 Å². The average molecular weight is 261 g/mol. The Morgan fingerprint density at radius 3 is 2.33 bits per heavy atom. The van der Waals surface area contributed by atoms with Crippen molar-refractivity contribution in [2.45, 2.75) is 32.8 Å². The second-order valence-electron chi connectivity index (χ2n) is 5.37. The molecule has 0 N–H and O–H groups in total. The Kier molecular flexibility index (Phi) is 3.63. The predicted molar refractivity (Wildman–Crippen MR) is 73.8 cm³/mol. The van der Waals surface area contributed by atoms with Gasteiger partial charge in [-0.2, -0.15) is 5.10 Å². The first-order chi connectivity index (χ1) is 8.46. The van der Waals surface area contributed by atoms with Gasteiger partial charge >= 0.3 is 0 Å². The van der Waals surface area contributed by atoms with Crippen molar-refractivity contribution in [3.05, 3.63) is 48.0 Å². The third-order valence-corrected chi connectivity index (χ3v) is 3.43. The summed E-state index contributed by atoms with van der Waals surface area (Å²) in [5, 5.41) is 4.20. The summed E-state index contributed by atoms with van der Waals surface area (Å²) in [5.41, 5.74) is 2.35. The van der Waals surface area contributed by atoms with Crippen molar-refractivity contribution < 1.29 is 4.43 Å². The zero-order chi connectivity index (χ0) is 13.2. The van der Waals surface area contributed by atoms with E-state index in [4.69, 9.17) is 4.43 Å². The molecule has 18 heavy (non-hydrogen) atoms. The molecular weight excluding hydrogens is 242 g/mol. The molecule has 2 rings (SSSR count). The second-order valence-corrected chi connectivity index (χ2v) is 9.83. The minimum Gasteiger partial charge on any atom is -0.393 e. The standard InChI is InChI=1S/C13H19N3OSi/c1-11-5-7-12(8-6-11)13(17-18(2,3)4)16-10-14-9-15-16/h5-10,13H,1-4H3. The molecule has 2 aromatic rings. The van der Waals surface area contributed by atoms with E-state index in [1.807, 2.05) is 0 Å². The number of aryl methyl sites for hydroxylation is 1. The minimum atomic E-state index is -1.66. The Morgan fingerprint density at radius 2 is 1.83 bits per heavy atom. The van der Waals surface area contributed by atoms with Crippen LogP contribution in [-0.4, -0.2) is 23.1 Å². The molecule has 96 valence electrons. The van der Waals surface area contributed by atoms with Gasteiger partial charge < -0.3 is 4.43 Å². The maximum absolute atomic E-state index is 6.21. The Labute approximate surface area is 109 Å². The number of nitrogens with zero attached hydrogens (tertiary/aromatic N) is 3. The summed E-state index contributed by atoms with van der Waals surface area (Å²) >= 11 is 0. The topological polar surface area (TPSA) is 39.9 Å². The lowest BCUT2D eigenvalue weighted by atomic mass is 10.1. The van der Waals surface area contributed by atoms with Gasteiger partial charge in [0.1, 0.15) is 12.7 Å². The monoisotopic (exact) mass is 261 g/mol. The molecule has 0 aliphatic heterocycles. The normalized spacial score (nSPS) is 13.6.